The monoisotopic (exact) mass is 238 g/mol. The Morgan fingerprint density at radius 2 is 2.44 bits per heavy atom. The smallest absolute Gasteiger partial charge is 0.135 e. The summed E-state index contributed by atoms with van der Waals surface area (Å²) in [5.74, 6) is 0.751. The maximum absolute atomic E-state index is 10.1. The third-order valence-electron chi connectivity index (χ3n) is 2.37. The average Bonchev–Trinajstić information content (AvgIpc) is 2.86. The number of rotatable bonds is 4. The van der Waals surface area contributed by atoms with Gasteiger partial charge in [-0.15, -0.1) is 11.3 Å². The summed E-state index contributed by atoms with van der Waals surface area (Å²) >= 11 is 1.51. The minimum absolute atomic E-state index is 0.529. The highest BCUT2D eigenvalue weighted by Gasteiger charge is 2.15. The Hall–Kier alpha value is -1.33. The Labute approximate surface area is 98.1 Å². The van der Waals surface area contributed by atoms with E-state index in [-0.39, 0.29) is 0 Å². The number of methoxy groups -OCH3 is 1. The highest BCUT2D eigenvalue weighted by atomic mass is 32.1. The lowest BCUT2D eigenvalue weighted by atomic mass is 10.1. The van der Waals surface area contributed by atoms with Crippen molar-refractivity contribution >= 4 is 11.3 Å². The third kappa shape index (κ3) is 2.25. The number of nitrogens with zero attached hydrogens (tertiary/aromatic N) is 2. The lowest BCUT2D eigenvalue weighted by molar-refractivity contribution is 0.178. The van der Waals surface area contributed by atoms with Crippen LogP contribution in [-0.2, 0) is 13.5 Å². The van der Waals surface area contributed by atoms with Crippen LogP contribution in [-0.4, -0.2) is 22.0 Å². The van der Waals surface area contributed by atoms with E-state index >= 15 is 0 Å². The number of hydrogen-bond acceptors (Lipinski definition) is 4. The molecular weight excluding hydrogens is 224 g/mol. The molecule has 1 N–H and O–H groups in total. The van der Waals surface area contributed by atoms with E-state index in [2.05, 4.69) is 5.10 Å². The number of hydrogen-bond donors (Lipinski definition) is 1. The van der Waals surface area contributed by atoms with Crippen molar-refractivity contribution in [1.29, 1.82) is 0 Å². The van der Waals surface area contributed by atoms with E-state index in [1.165, 1.54) is 11.3 Å². The molecule has 0 aromatic carbocycles. The highest BCUT2D eigenvalue weighted by Crippen LogP contribution is 2.32. The first-order valence-electron chi connectivity index (χ1n) is 4.97. The fourth-order valence-electron chi connectivity index (χ4n) is 1.61. The van der Waals surface area contributed by atoms with Crippen LogP contribution in [0.2, 0.25) is 0 Å². The maximum atomic E-state index is 10.1. The van der Waals surface area contributed by atoms with Gasteiger partial charge >= 0.3 is 0 Å². The van der Waals surface area contributed by atoms with Gasteiger partial charge in [0, 0.05) is 19.7 Å². The fraction of sp³-hybridized carbons (Fsp3) is 0.364. The van der Waals surface area contributed by atoms with Crippen molar-refractivity contribution in [3.63, 3.8) is 0 Å². The Bertz CT molecular complexity index is 464. The van der Waals surface area contributed by atoms with Gasteiger partial charge in [0.05, 0.1) is 24.3 Å². The van der Waals surface area contributed by atoms with Gasteiger partial charge in [-0.2, -0.15) is 5.10 Å². The van der Waals surface area contributed by atoms with Gasteiger partial charge in [-0.05, 0) is 17.0 Å². The van der Waals surface area contributed by atoms with Crippen molar-refractivity contribution in [1.82, 2.24) is 9.78 Å². The van der Waals surface area contributed by atoms with E-state index in [9.17, 15) is 5.11 Å². The second-order valence-electron chi connectivity index (χ2n) is 3.60. The average molecular weight is 238 g/mol. The fourth-order valence-corrected chi connectivity index (χ4v) is 2.46. The molecule has 0 aliphatic heterocycles. The molecule has 1 unspecified atom stereocenters. The second-order valence-corrected chi connectivity index (χ2v) is 4.54. The molecule has 0 bridgehead atoms. The zero-order valence-corrected chi connectivity index (χ0v) is 10.1. The highest BCUT2D eigenvalue weighted by molar-refractivity contribution is 7.10. The Balaban J connectivity index is 2.11. The van der Waals surface area contributed by atoms with Crippen molar-refractivity contribution in [2.24, 2.45) is 7.05 Å². The normalized spacial score (nSPS) is 12.7. The molecule has 0 aliphatic carbocycles. The van der Waals surface area contributed by atoms with Gasteiger partial charge < -0.3 is 9.84 Å². The van der Waals surface area contributed by atoms with E-state index in [0.29, 0.717) is 6.42 Å². The molecule has 16 heavy (non-hydrogen) atoms. The molecule has 5 heteroatoms. The van der Waals surface area contributed by atoms with Crippen LogP contribution >= 0.6 is 11.3 Å². The molecule has 0 fully saturated rings. The predicted octanol–water partition coefficient (Wildman–Crippen LogP) is 1.77. The van der Waals surface area contributed by atoms with Crippen LogP contribution < -0.4 is 4.74 Å². The van der Waals surface area contributed by atoms with Crippen LogP contribution in [0.4, 0.5) is 0 Å². The summed E-state index contributed by atoms with van der Waals surface area (Å²) in [5.41, 5.74) is 1.02. The first-order chi connectivity index (χ1) is 7.70. The van der Waals surface area contributed by atoms with E-state index < -0.39 is 6.10 Å². The second kappa shape index (κ2) is 4.67. The molecule has 4 nitrogen and oxygen atoms in total. The van der Waals surface area contributed by atoms with E-state index in [1.54, 1.807) is 18.0 Å². The molecule has 0 spiro atoms. The van der Waals surface area contributed by atoms with E-state index in [0.717, 1.165) is 16.2 Å². The molecule has 0 radical (unpaired) electrons. The summed E-state index contributed by atoms with van der Waals surface area (Å²) < 4.78 is 6.91. The molecule has 0 aliphatic rings. The summed E-state index contributed by atoms with van der Waals surface area (Å²) in [4.78, 5) is 0.867. The quantitative estimate of drug-likeness (QED) is 0.883. The minimum Gasteiger partial charge on any atom is -0.495 e. The topological polar surface area (TPSA) is 47.3 Å². The first-order valence-corrected chi connectivity index (χ1v) is 5.85. The molecule has 2 aromatic rings. The molecule has 2 rings (SSSR count). The predicted molar refractivity (Wildman–Crippen MR) is 62.7 cm³/mol. The number of aryl methyl sites for hydroxylation is 1. The molecule has 0 saturated carbocycles. The molecule has 2 heterocycles. The number of aliphatic hydroxyl groups is 1. The number of aromatic nitrogens is 2. The van der Waals surface area contributed by atoms with Crippen LogP contribution in [0, 0.1) is 0 Å². The van der Waals surface area contributed by atoms with Gasteiger partial charge in [0.25, 0.3) is 0 Å². The summed E-state index contributed by atoms with van der Waals surface area (Å²) in [7, 11) is 3.48. The summed E-state index contributed by atoms with van der Waals surface area (Å²) in [5, 5.41) is 16.1. The Kier molecular flexibility index (Phi) is 3.26. The van der Waals surface area contributed by atoms with Crippen molar-refractivity contribution in [2.45, 2.75) is 12.5 Å². The molecule has 0 saturated heterocycles. The van der Waals surface area contributed by atoms with Gasteiger partial charge in [0.2, 0.25) is 0 Å². The molecule has 0 amide bonds. The molecule has 2 aromatic heterocycles. The van der Waals surface area contributed by atoms with E-state index in [1.807, 2.05) is 24.7 Å². The third-order valence-corrected chi connectivity index (χ3v) is 3.37. The molecular formula is C11H14N2O2S. The molecule has 86 valence electrons. The van der Waals surface area contributed by atoms with Crippen LogP contribution in [0.25, 0.3) is 0 Å². The van der Waals surface area contributed by atoms with Gasteiger partial charge in [0.15, 0.2) is 0 Å². The van der Waals surface area contributed by atoms with Crippen molar-refractivity contribution in [3.8, 4) is 5.75 Å². The molecule has 1 atom stereocenters. The van der Waals surface area contributed by atoms with Crippen LogP contribution in [0.15, 0.2) is 23.8 Å². The van der Waals surface area contributed by atoms with Gasteiger partial charge in [-0.25, -0.2) is 0 Å². The first kappa shape index (κ1) is 11.2. The van der Waals surface area contributed by atoms with Gasteiger partial charge in [-0.1, -0.05) is 0 Å². The minimum atomic E-state index is -0.529. The number of ether oxygens (including phenoxy) is 1. The van der Waals surface area contributed by atoms with Crippen LogP contribution in [0.3, 0.4) is 0 Å². The lowest BCUT2D eigenvalue weighted by Gasteiger charge is -2.09. The zero-order chi connectivity index (χ0) is 11.5. The summed E-state index contributed by atoms with van der Waals surface area (Å²) in [6.07, 6.45) is 3.70. The summed E-state index contributed by atoms with van der Waals surface area (Å²) in [6, 6.07) is 1.87. The van der Waals surface area contributed by atoms with Crippen LogP contribution in [0.1, 0.15) is 16.5 Å². The van der Waals surface area contributed by atoms with E-state index in [4.69, 9.17) is 4.74 Å². The largest absolute Gasteiger partial charge is 0.495 e. The Morgan fingerprint density at radius 3 is 3.06 bits per heavy atom. The standard InChI is InChI=1S/C11H14N2O2S/c1-13-7-8(6-12-13)5-9(14)11-10(15-2)3-4-16-11/h3-4,6-7,9,14H,5H2,1-2H3. The number of aliphatic hydroxyl groups excluding tert-OH is 1. The maximum Gasteiger partial charge on any atom is 0.135 e. The SMILES string of the molecule is COc1ccsc1C(O)Cc1cnn(C)c1. The Morgan fingerprint density at radius 1 is 1.62 bits per heavy atom. The van der Waals surface area contributed by atoms with Crippen LogP contribution in [0.5, 0.6) is 5.75 Å². The van der Waals surface area contributed by atoms with Gasteiger partial charge in [0.1, 0.15) is 5.75 Å². The van der Waals surface area contributed by atoms with Gasteiger partial charge in [-0.3, -0.25) is 4.68 Å². The lowest BCUT2D eigenvalue weighted by Crippen LogP contribution is -2.00. The summed E-state index contributed by atoms with van der Waals surface area (Å²) in [6.45, 7) is 0. The van der Waals surface area contributed by atoms with Crippen molar-refractivity contribution in [3.05, 3.63) is 34.3 Å². The number of thiophene rings is 1. The van der Waals surface area contributed by atoms with Crippen molar-refractivity contribution < 1.29 is 9.84 Å². The van der Waals surface area contributed by atoms with Crippen molar-refractivity contribution in [2.75, 3.05) is 7.11 Å². The zero-order valence-electron chi connectivity index (χ0n) is 9.25.